The highest BCUT2D eigenvalue weighted by molar-refractivity contribution is 6.30. The summed E-state index contributed by atoms with van der Waals surface area (Å²) in [6.45, 7) is 1.95. The molecule has 0 saturated heterocycles. The van der Waals surface area contributed by atoms with Crippen molar-refractivity contribution in [2.75, 3.05) is 0 Å². The lowest BCUT2D eigenvalue weighted by atomic mass is 10.1. The Bertz CT molecular complexity index is 1110. The summed E-state index contributed by atoms with van der Waals surface area (Å²) in [6, 6.07) is 26.9. The van der Waals surface area contributed by atoms with Crippen molar-refractivity contribution in [2.24, 2.45) is 0 Å². The normalized spacial score (nSPS) is 11.8. The molecule has 4 rings (SSSR count). The summed E-state index contributed by atoms with van der Waals surface area (Å²) >= 11 is 5.97. The number of carbonyl (C=O) groups excluding carboxylic acids is 1. The highest BCUT2D eigenvalue weighted by atomic mass is 35.5. The second-order valence-corrected chi connectivity index (χ2v) is 7.20. The van der Waals surface area contributed by atoms with Crippen molar-refractivity contribution in [1.29, 1.82) is 0 Å². The van der Waals surface area contributed by atoms with Gasteiger partial charge in [0.1, 0.15) is 0 Å². The standard InChI is InChI=1S/C24H20ClN3O/c1-17(18-12-14-20(25)15-13-18)27-24(29)22-16-26-28(21-10-6-3-7-11-21)23(22)19-8-4-2-5-9-19/h2-17H,1H3,(H,27,29)/t17-/m1/s1. The maximum atomic E-state index is 13.1. The molecule has 0 aliphatic rings. The van der Waals surface area contributed by atoms with Gasteiger partial charge in [-0.15, -0.1) is 0 Å². The number of nitrogens with zero attached hydrogens (tertiary/aromatic N) is 2. The number of benzene rings is 3. The van der Waals surface area contributed by atoms with Crippen LogP contribution in [-0.4, -0.2) is 15.7 Å². The Balaban J connectivity index is 1.71. The quantitative estimate of drug-likeness (QED) is 0.467. The molecule has 0 aliphatic heterocycles. The fourth-order valence-corrected chi connectivity index (χ4v) is 3.39. The summed E-state index contributed by atoms with van der Waals surface area (Å²) in [7, 11) is 0. The Labute approximate surface area is 174 Å². The van der Waals surface area contributed by atoms with Crippen LogP contribution in [-0.2, 0) is 0 Å². The summed E-state index contributed by atoms with van der Waals surface area (Å²) in [5, 5.41) is 8.25. The fraction of sp³-hybridized carbons (Fsp3) is 0.0833. The number of amides is 1. The Morgan fingerprint density at radius 3 is 2.21 bits per heavy atom. The summed E-state index contributed by atoms with van der Waals surface area (Å²) in [4.78, 5) is 13.1. The van der Waals surface area contributed by atoms with Gasteiger partial charge in [0.05, 0.1) is 29.2 Å². The Morgan fingerprint density at radius 1 is 0.931 bits per heavy atom. The molecular formula is C24H20ClN3O. The molecule has 0 radical (unpaired) electrons. The van der Waals surface area contributed by atoms with Crippen LogP contribution < -0.4 is 5.32 Å². The molecule has 1 heterocycles. The smallest absolute Gasteiger partial charge is 0.255 e. The van der Waals surface area contributed by atoms with Crippen molar-refractivity contribution < 1.29 is 4.79 Å². The first-order chi connectivity index (χ1) is 14.1. The van der Waals surface area contributed by atoms with E-state index in [2.05, 4.69) is 10.4 Å². The maximum Gasteiger partial charge on any atom is 0.255 e. The van der Waals surface area contributed by atoms with Gasteiger partial charge in [-0.1, -0.05) is 72.3 Å². The SMILES string of the molecule is C[C@@H](NC(=O)c1cnn(-c2ccccc2)c1-c1ccccc1)c1ccc(Cl)cc1. The van der Waals surface area contributed by atoms with Crippen LogP contribution >= 0.6 is 11.6 Å². The van der Waals surface area contributed by atoms with E-state index in [0.29, 0.717) is 10.6 Å². The van der Waals surface area contributed by atoms with E-state index in [-0.39, 0.29) is 11.9 Å². The van der Waals surface area contributed by atoms with E-state index in [1.165, 1.54) is 0 Å². The zero-order chi connectivity index (χ0) is 20.2. The van der Waals surface area contributed by atoms with Crippen molar-refractivity contribution in [3.8, 4) is 16.9 Å². The molecule has 1 aromatic heterocycles. The van der Waals surface area contributed by atoms with Gasteiger partial charge in [0.2, 0.25) is 0 Å². The third-order valence-electron chi connectivity index (χ3n) is 4.78. The maximum absolute atomic E-state index is 13.1. The molecule has 0 spiro atoms. The molecule has 0 fully saturated rings. The number of hydrogen-bond acceptors (Lipinski definition) is 2. The number of para-hydroxylation sites is 1. The lowest BCUT2D eigenvalue weighted by Gasteiger charge is -2.15. The molecular weight excluding hydrogens is 382 g/mol. The summed E-state index contributed by atoms with van der Waals surface area (Å²) < 4.78 is 1.80. The second kappa shape index (κ2) is 8.33. The van der Waals surface area contributed by atoms with Crippen molar-refractivity contribution in [1.82, 2.24) is 15.1 Å². The molecule has 1 amide bonds. The summed E-state index contributed by atoms with van der Waals surface area (Å²) in [5.74, 6) is -0.173. The molecule has 29 heavy (non-hydrogen) atoms. The van der Waals surface area contributed by atoms with Crippen molar-refractivity contribution in [3.63, 3.8) is 0 Å². The molecule has 1 atom stereocenters. The van der Waals surface area contributed by atoms with Crippen LogP contribution in [0, 0.1) is 0 Å². The third-order valence-corrected chi connectivity index (χ3v) is 5.03. The average Bonchev–Trinajstić information content (AvgIpc) is 3.21. The molecule has 4 nitrogen and oxygen atoms in total. The van der Waals surface area contributed by atoms with Crippen molar-refractivity contribution >= 4 is 17.5 Å². The van der Waals surface area contributed by atoms with Crippen LogP contribution in [0.4, 0.5) is 0 Å². The van der Waals surface area contributed by atoms with Crippen LogP contribution in [0.5, 0.6) is 0 Å². The summed E-state index contributed by atoms with van der Waals surface area (Å²) in [6.07, 6.45) is 1.62. The van der Waals surface area contributed by atoms with Gasteiger partial charge in [0.25, 0.3) is 5.91 Å². The Kier molecular flexibility index (Phi) is 5.45. The van der Waals surface area contributed by atoms with Gasteiger partial charge in [-0.25, -0.2) is 4.68 Å². The number of aromatic nitrogens is 2. The minimum Gasteiger partial charge on any atom is -0.345 e. The Hall–Kier alpha value is -3.37. The number of rotatable bonds is 5. The number of hydrogen-bond donors (Lipinski definition) is 1. The zero-order valence-electron chi connectivity index (χ0n) is 15.9. The van der Waals surface area contributed by atoms with E-state index in [9.17, 15) is 4.79 Å². The molecule has 0 bridgehead atoms. The predicted octanol–water partition coefficient (Wildman–Crippen LogP) is 5.68. The van der Waals surface area contributed by atoms with Gasteiger partial charge < -0.3 is 5.32 Å². The molecule has 0 aliphatic carbocycles. The first-order valence-corrected chi connectivity index (χ1v) is 9.76. The van der Waals surface area contributed by atoms with Crippen molar-refractivity contribution in [2.45, 2.75) is 13.0 Å². The topological polar surface area (TPSA) is 46.9 Å². The van der Waals surface area contributed by atoms with Crippen LogP contribution in [0.25, 0.3) is 16.9 Å². The molecule has 1 N–H and O–H groups in total. The molecule has 4 aromatic rings. The van der Waals surface area contributed by atoms with Crippen LogP contribution in [0.15, 0.2) is 91.1 Å². The fourth-order valence-electron chi connectivity index (χ4n) is 3.26. The van der Waals surface area contributed by atoms with E-state index in [1.807, 2.05) is 91.9 Å². The van der Waals surface area contributed by atoms with E-state index in [1.54, 1.807) is 10.9 Å². The minimum absolute atomic E-state index is 0.163. The highest BCUT2D eigenvalue weighted by Gasteiger charge is 2.21. The third kappa shape index (κ3) is 4.08. The number of nitrogens with one attached hydrogen (secondary N) is 1. The first kappa shape index (κ1) is 19.0. The monoisotopic (exact) mass is 401 g/mol. The van der Waals surface area contributed by atoms with Gasteiger partial charge in [0, 0.05) is 10.6 Å². The van der Waals surface area contributed by atoms with E-state index in [0.717, 1.165) is 22.5 Å². The van der Waals surface area contributed by atoms with Crippen LogP contribution in [0.1, 0.15) is 28.9 Å². The number of carbonyl (C=O) groups is 1. The molecule has 5 heteroatoms. The highest BCUT2D eigenvalue weighted by Crippen LogP contribution is 2.27. The molecule has 0 unspecified atom stereocenters. The van der Waals surface area contributed by atoms with Gasteiger partial charge in [-0.3, -0.25) is 4.79 Å². The second-order valence-electron chi connectivity index (χ2n) is 6.77. The zero-order valence-corrected chi connectivity index (χ0v) is 16.7. The summed E-state index contributed by atoms with van der Waals surface area (Å²) in [5.41, 5.74) is 4.10. The predicted molar refractivity (Wildman–Crippen MR) is 116 cm³/mol. The lowest BCUT2D eigenvalue weighted by molar-refractivity contribution is 0.0940. The van der Waals surface area contributed by atoms with Gasteiger partial charge in [-0.2, -0.15) is 5.10 Å². The average molecular weight is 402 g/mol. The largest absolute Gasteiger partial charge is 0.345 e. The van der Waals surface area contributed by atoms with E-state index in [4.69, 9.17) is 11.6 Å². The van der Waals surface area contributed by atoms with Crippen molar-refractivity contribution in [3.05, 3.63) is 107 Å². The van der Waals surface area contributed by atoms with E-state index < -0.39 is 0 Å². The van der Waals surface area contributed by atoms with Crippen LogP contribution in [0.3, 0.4) is 0 Å². The lowest BCUT2D eigenvalue weighted by Crippen LogP contribution is -2.26. The number of halogens is 1. The molecule has 144 valence electrons. The van der Waals surface area contributed by atoms with Gasteiger partial charge in [-0.05, 0) is 36.8 Å². The van der Waals surface area contributed by atoms with E-state index >= 15 is 0 Å². The van der Waals surface area contributed by atoms with Crippen LogP contribution in [0.2, 0.25) is 5.02 Å². The molecule has 3 aromatic carbocycles. The molecule has 0 saturated carbocycles. The first-order valence-electron chi connectivity index (χ1n) is 9.38. The van der Waals surface area contributed by atoms with Gasteiger partial charge in [0.15, 0.2) is 0 Å². The Morgan fingerprint density at radius 2 is 1.55 bits per heavy atom. The minimum atomic E-state index is -0.173. The van der Waals surface area contributed by atoms with Gasteiger partial charge >= 0.3 is 0 Å².